The molecule has 0 aliphatic carbocycles. The first-order chi connectivity index (χ1) is 6.74. The van der Waals surface area contributed by atoms with Crippen molar-refractivity contribution in [2.75, 3.05) is 11.9 Å². The molecular formula is C11H15F2N. The maximum absolute atomic E-state index is 13.0. The van der Waals surface area contributed by atoms with Crippen molar-refractivity contribution in [3.05, 3.63) is 29.8 Å². The molecule has 0 bridgehead atoms. The molecule has 0 saturated carbocycles. The van der Waals surface area contributed by atoms with Crippen LogP contribution in [-0.2, 0) is 0 Å². The highest BCUT2D eigenvalue weighted by Gasteiger charge is 2.01. The van der Waals surface area contributed by atoms with Gasteiger partial charge in [0.1, 0.15) is 11.6 Å². The van der Waals surface area contributed by atoms with Gasteiger partial charge < -0.3 is 5.32 Å². The van der Waals surface area contributed by atoms with Gasteiger partial charge in [0.25, 0.3) is 0 Å². The number of benzene rings is 1. The zero-order chi connectivity index (χ0) is 10.4. The van der Waals surface area contributed by atoms with E-state index >= 15 is 0 Å². The van der Waals surface area contributed by atoms with Crippen molar-refractivity contribution in [1.29, 1.82) is 0 Å². The SMILES string of the molecule is CCCCCNc1cc(F)ccc1F. The molecule has 0 fully saturated rings. The van der Waals surface area contributed by atoms with E-state index in [4.69, 9.17) is 0 Å². The maximum Gasteiger partial charge on any atom is 0.146 e. The Hall–Kier alpha value is -1.12. The lowest BCUT2D eigenvalue weighted by atomic mass is 10.2. The van der Waals surface area contributed by atoms with E-state index in [-0.39, 0.29) is 5.69 Å². The van der Waals surface area contributed by atoms with Crippen LogP contribution in [-0.4, -0.2) is 6.54 Å². The van der Waals surface area contributed by atoms with E-state index in [9.17, 15) is 8.78 Å². The quantitative estimate of drug-likeness (QED) is 0.715. The molecule has 0 radical (unpaired) electrons. The number of hydrogen-bond donors (Lipinski definition) is 1. The molecule has 0 aromatic heterocycles. The third kappa shape index (κ3) is 3.32. The van der Waals surface area contributed by atoms with E-state index in [1.165, 1.54) is 6.07 Å². The van der Waals surface area contributed by atoms with E-state index in [0.29, 0.717) is 6.54 Å². The van der Waals surface area contributed by atoms with Gasteiger partial charge in [-0.25, -0.2) is 8.78 Å². The molecule has 0 atom stereocenters. The molecule has 0 spiro atoms. The smallest absolute Gasteiger partial charge is 0.146 e. The fourth-order valence-corrected chi connectivity index (χ4v) is 1.23. The first-order valence-corrected chi connectivity index (χ1v) is 4.93. The fourth-order valence-electron chi connectivity index (χ4n) is 1.23. The average molecular weight is 199 g/mol. The summed E-state index contributed by atoms with van der Waals surface area (Å²) in [5.41, 5.74) is 0.251. The van der Waals surface area contributed by atoms with Gasteiger partial charge >= 0.3 is 0 Å². The summed E-state index contributed by atoms with van der Waals surface area (Å²) >= 11 is 0. The Labute approximate surface area is 83.1 Å². The summed E-state index contributed by atoms with van der Waals surface area (Å²) < 4.78 is 25.8. The van der Waals surface area contributed by atoms with Gasteiger partial charge in [0, 0.05) is 6.54 Å². The van der Waals surface area contributed by atoms with Gasteiger partial charge in [0.15, 0.2) is 0 Å². The van der Waals surface area contributed by atoms with Crippen molar-refractivity contribution in [3.63, 3.8) is 0 Å². The van der Waals surface area contributed by atoms with Crippen LogP contribution < -0.4 is 5.32 Å². The third-order valence-corrected chi connectivity index (χ3v) is 2.02. The summed E-state index contributed by atoms with van der Waals surface area (Å²) in [6.45, 7) is 2.79. The van der Waals surface area contributed by atoms with Crippen LogP contribution in [0.5, 0.6) is 0 Å². The van der Waals surface area contributed by atoms with E-state index < -0.39 is 11.6 Å². The minimum Gasteiger partial charge on any atom is -0.383 e. The molecule has 3 heteroatoms. The number of anilines is 1. The van der Waals surface area contributed by atoms with Crippen molar-refractivity contribution in [3.8, 4) is 0 Å². The maximum atomic E-state index is 13.0. The van der Waals surface area contributed by atoms with E-state index in [1.54, 1.807) is 0 Å². The fraction of sp³-hybridized carbons (Fsp3) is 0.455. The Morgan fingerprint density at radius 3 is 2.71 bits per heavy atom. The van der Waals surface area contributed by atoms with Crippen LogP contribution in [0.3, 0.4) is 0 Å². The lowest BCUT2D eigenvalue weighted by Gasteiger charge is -2.06. The predicted molar refractivity (Wildman–Crippen MR) is 54.4 cm³/mol. The molecule has 0 heterocycles. The van der Waals surface area contributed by atoms with Gasteiger partial charge in [0.05, 0.1) is 5.69 Å². The van der Waals surface area contributed by atoms with Gasteiger partial charge in [-0.05, 0) is 24.6 Å². The molecular weight excluding hydrogens is 184 g/mol. The molecule has 0 aliphatic heterocycles. The highest BCUT2D eigenvalue weighted by atomic mass is 19.1. The van der Waals surface area contributed by atoms with E-state index in [0.717, 1.165) is 31.4 Å². The summed E-state index contributed by atoms with van der Waals surface area (Å²) in [5, 5.41) is 2.87. The third-order valence-electron chi connectivity index (χ3n) is 2.02. The molecule has 1 nitrogen and oxygen atoms in total. The van der Waals surface area contributed by atoms with Crippen LogP contribution in [0, 0.1) is 11.6 Å². The van der Waals surface area contributed by atoms with Crippen LogP contribution >= 0.6 is 0 Å². The zero-order valence-electron chi connectivity index (χ0n) is 8.32. The standard InChI is InChI=1S/C11H15F2N/c1-2-3-4-7-14-11-8-9(12)5-6-10(11)13/h5-6,8,14H,2-4,7H2,1H3. The van der Waals surface area contributed by atoms with E-state index in [2.05, 4.69) is 12.2 Å². The Morgan fingerprint density at radius 2 is 2.00 bits per heavy atom. The molecule has 1 rings (SSSR count). The Kier molecular flexibility index (Phi) is 4.36. The first kappa shape index (κ1) is 11.0. The van der Waals surface area contributed by atoms with Gasteiger partial charge in [-0.15, -0.1) is 0 Å². The van der Waals surface area contributed by atoms with Gasteiger partial charge in [-0.3, -0.25) is 0 Å². The average Bonchev–Trinajstić information content (AvgIpc) is 2.18. The van der Waals surface area contributed by atoms with Crippen LogP contribution in [0.1, 0.15) is 26.2 Å². The molecule has 0 aliphatic rings. The van der Waals surface area contributed by atoms with Gasteiger partial charge in [-0.2, -0.15) is 0 Å². The van der Waals surface area contributed by atoms with Crippen LogP contribution in [0.2, 0.25) is 0 Å². The molecule has 1 aromatic rings. The second-order valence-electron chi connectivity index (χ2n) is 3.26. The van der Waals surface area contributed by atoms with Crippen molar-refractivity contribution in [2.24, 2.45) is 0 Å². The topological polar surface area (TPSA) is 12.0 Å². The summed E-state index contributed by atoms with van der Waals surface area (Å²) in [5.74, 6) is -0.813. The Balaban J connectivity index is 2.45. The van der Waals surface area contributed by atoms with Crippen LogP contribution in [0.4, 0.5) is 14.5 Å². The minimum absolute atomic E-state index is 0.251. The van der Waals surface area contributed by atoms with E-state index in [1.807, 2.05) is 0 Å². The minimum atomic E-state index is -0.413. The lowest BCUT2D eigenvalue weighted by Crippen LogP contribution is -2.03. The molecule has 0 amide bonds. The number of nitrogens with one attached hydrogen (secondary N) is 1. The molecule has 1 N–H and O–H groups in total. The number of halogens is 2. The second kappa shape index (κ2) is 5.58. The van der Waals surface area contributed by atoms with Gasteiger partial charge in [0.2, 0.25) is 0 Å². The lowest BCUT2D eigenvalue weighted by molar-refractivity contribution is 0.601. The van der Waals surface area contributed by atoms with Crippen LogP contribution in [0.25, 0.3) is 0 Å². The summed E-state index contributed by atoms with van der Waals surface area (Å²) in [7, 11) is 0. The monoisotopic (exact) mass is 199 g/mol. The van der Waals surface area contributed by atoms with Crippen LogP contribution in [0.15, 0.2) is 18.2 Å². The summed E-state index contributed by atoms with van der Waals surface area (Å²) in [6.07, 6.45) is 3.20. The predicted octanol–water partition coefficient (Wildman–Crippen LogP) is 3.57. The van der Waals surface area contributed by atoms with Gasteiger partial charge in [-0.1, -0.05) is 19.8 Å². The second-order valence-corrected chi connectivity index (χ2v) is 3.26. The zero-order valence-corrected chi connectivity index (χ0v) is 8.32. The molecule has 14 heavy (non-hydrogen) atoms. The highest BCUT2D eigenvalue weighted by Crippen LogP contribution is 2.15. The molecule has 78 valence electrons. The summed E-state index contributed by atoms with van der Waals surface area (Å²) in [6, 6.07) is 3.44. The number of rotatable bonds is 5. The Morgan fingerprint density at radius 1 is 1.21 bits per heavy atom. The molecule has 1 aromatic carbocycles. The highest BCUT2D eigenvalue weighted by molar-refractivity contribution is 5.44. The number of hydrogen-bond acceptors (Lipinski definition) is 1. The summed E-state index contributed by atoms with van der Waals surface area (Å²) in [4.78, 5) is 0. The van der Waals surface area contributed by atoms with Crippen molar-refractivity contribution in [1.82, 2.24) is 0 Å². The largest absolute Gasteiger partial charge is 0.383 e. The van der Waals surface area contributed by atoms with Crippen molar-refractivity contribution in [2.45, 2.75) is 26.2 Å². The van der Waals surface area contributed by atoms with Crippen molar-refractivity contribution >= 4 is 5.69 Å². The molecule has 0 unspecified atom stereocenters. The first-order valence-electron chi connectivity index (χ1n) is 4.93. The number of unbranched alkanes of at least 4 members (excludes halogenated alkanes) is 2. The van der Waals surface area contributed by atoms with Crippen molar-refractivity contribution < 1.29 is 8.78 Å². The Bertz CT molecular complexity index is 287. The normalized spacial score (nSPS) is 10.2. The molecule has 0 saturated heterocycles.